The highest BCUT2D eigenvalue weighted by molar-refractivity contribution is 5.81. The highest BCUT2D eigenvalue weighted by Gasteiger charge is 2.10. The van der Waals surface area contributed by atoms with E-state index in [2.05, 4.69) is 16.9 Å². The van der Waals surface area contributed by atoms with E-state index in [1.165, 1.54) is 0 Å². The molecule has 0 amide bonds. The van der Waals surface area contributed by atoms with Crippen LogP contribution in [0.3, 0.4) is 0 Å². The van der Waals surface area contributed by atoms with Gasteiger partial charge in [-0.1, -0.05) is 6.92 Å². The molecule has 0 aliphatic rings. The molecule has 0 radical (unpaired) electrons. The number of nitrogens with two attached hydrogens (primary N) is 2. The maximum Gasteiger partial charge on any atom is 0.161 e. The number of hydrogen-bond donors (Lipinski definition) is 2. The molecule has 0 aliphatic heterocycles. The van der Waals surface area contributed by atoms with Crippen molar-refractivity contribution >= 4 is 22.4 Å². The molecule has 0 unspecified atom stereocenters. The van der Waals surface area contributed by atoms with Crippen LogP contribution in [0.25, 0.3) is 16.9 Å². The number of anilines is 2. The molecule has 4 N–H and O–H groups in total. The average Bonchev–Trinajstić information content (AvgIpc) is 2.82. The number of rotatable bonds is 2. The predicted octanol–water partition coefficient (Wildman–Crippen LogP) is 2.15. The van der Waals surface area contributed by atoms with E-state index in [0.717, 1.165) is 23.0 Å². The van der Waals surface area contributed by atoms with Crippen molar-refractivity contribution in [2.75, 3.05) is 11.5 Å². The van der Waals surface area contributed by atoms with E-state index in [1.54, 1.807) is 12.5 Å². The number of nitrogen functional groups attached to an aromatic ring is 2. The van der Waals surface area contributed by atoms with Crippen LogP contribution in [0, 0.1) is 0 Å². The van der Waals surface area contributed by atoms with E-state index >= 15 is 0 Å². The molecule has 0 bridgehead atoms. The van der Waals surface area contributed by atoms with Crippen molar-refractivity contribution in [2.45, 2.75) is 13.3 Å². The predicted molar refractivity (Wildman–Crippen MR) is 77.1 cm³/mol. The fourth-order valence-electron chi connectivity index (χ4n) is 2.20. The van der Waals surface area contributed by atoms with Gasteiger partial charge >= 0.3 is 0 Å². The van der Waals surface area contributed by atoms with Crippen LogP contribution in [-0.4, -0.2) is 14.5 Å². The van der Waals surface area contributed by atoms with Crippen LogP contribution >= 0.6 is 0 Å². The molecule has 2 aromatic heterocycles. The summed E-state index contributed by atoms with van der Waals surface area (Å²) in [5.41, 5.74) is 16.2. The second-order valence-electron chi connectivity index (χ2n) is 4.42. The Morgan fingerprint density at radius 3 is 2.79 bits per heavy atom. The maximum atomic E-state index is 6.17. The fourth-order valence-corrected chi connectivity index (χ4v) is 2.20. The van der Waals surface area contributed by atoms with Gasteiger partial charge in [0.25, 0.3) is 0 Å². The molecule has 0 atom stereocenters. The highest BCUT2D eigenvalue weighted by Crippen LogP contribution is 2.24. The van der Waals surface area contributed by atoms with Gasteiger partial charge in [-0.25, -0.2) is 9.97 Å². The molecule has 19 heavy (non-hydrogen) atoms. The van der Waals surface area contributed by atoms with E-state index in [4.69, 9.17) is 11.5 Å². The molecule has 0 saturated carbocycles. The monoisotopic (exact) mass is 253 g/mol. The Kier molecular flexibility index (Phi) is 2.59. The molecule has 96 valence electrons. The van der Waals surface area contributed by atoms with Crippen LogP contribution in [0.4, 0.5) is 11.4 Å². The highest BCUT2D eigenvalue weighted by atomic mass is 15.1. The molecule has 0 aliphatic carbocycles. The van der Waals surface area contributed by atoms with Gasteiger partial charge in [-0.2, -0.15) is 0 Å². The molecule has 2 heterocycles. The van der Waals surface area contributed by atoms with Gasteiger partial charge in [-0.3, -0.25) is 4.57 Å². The lowest BCUT2D eigenvalue weighted by molar-refractivity contribution is 1.01. The largest absolute Gasteiger partial charge is 0.399 e. The summed E-state index contributed by atoms with van der Waals surface area (Å²) >= 11 is 0. The van der Waals surface area contributed by atoms with Crippen LogP contribution in [0.2, 0.25) is 0 Å². The number of aromatic nitrogens is 3. The molecular formula is C14H15N5. The third kappa shape index (κ3) is 1.79. The van der Waals surface area contributed by atoms with Gasteiger partial charge < -0.3 is 11.5 Å². The SMILES string of the molecule is CCc1ccnc(-n2cnc3cc(N)ccc32)c1N. The molecule has 0 saturated heterocycles. The number of imidazole rings is 1. The standard InChI is InChI=1S/C14H15N5/c1-2-9-5-6-17-14(13(9)16)19-8-18-11-7-10(15)3-4-12(11)19/h3-8H,2,15-16H2,1H3. The van der Waals surface area contributed by atoms with E-state index in [1.807, 2.05) is 28.8 Å². The first-order chi connectivity index (χ1) is 9.20. The summed E-state index contributed by atoms with van der Waals surface area (Å²) in [7, 11) is 0. The second kappa shape index (κ2) is 4.28. The van der Waals surface area contributed by atoms with Gasteiger partial charge in [-0.15, -0.1) is 0 Å². The lowest BCUT2D eigenvalue weighted by Crippen LogP contribution is -2.04. The van der Waals surface area contributed by atoms with Crippen molar-refractivity contribution in [3.05, 3.63) is 42.4 Å². The maximum absolute atomic E-state index is 6.17. The van der Waals surface area contributed by atoms with Crippen molar-refractivity contribution in [1.29, 1.82) is 0 Å². The minimum atomic E-state index is 0.695. The van der Waals surface area contributed by atoms with Gasteiger partial charge in [0.15, 0.2) is 5.82 Å². The summed E-state index contributed by atoms with van der Waals surface area (Å²) in [5, 5.41) is 0. The molecule has 5 nitrogen and oxygen atoms in total. The zero-order valence-corrected chi connectivity index (χ0v) is 10.7. The first-order valence-corrected chi connectivity index (χ1v) is 6.17. The third-order valence-corrected chi connectivity index (χ3v) is 3.24. The molecule has 5 heteroatoms. The van der Waals surface area contributed by atoms with Crippen molar-refractivity contribution in [1.82, 2.24) is 14.5 Å². The van der Waals surface area contributed by atoms with Gasteiger partial charge in [0.05, 0.1) is 16.7 Å². The Balaban J connectivity index is 2.25. The van der Waals surface area contributed by atoms with Crippen molar-refractivity contribution < 1.29 is 0 Å². The average molecular weight is 253 g/mol. The second-order valence-corrected chi connectivity index (χ2v) is 4.42. The fraction of sp³-hybridized carbons (Fsp3) is 0.143. The van der Waals surface area contributed by atoms with Crippen molar-refractivity contribution in [3.8, 4) is 5.82 Å². The quantitative estimate of drug-likeness (QED) is 0.685. The normalized spacial score (nSPS) is 11.0. The Labute approximate surface area is 110 Å². The number of benzene rings is 1. The number of aryl methyl sites for hydroxylation is 1. The molecule has 0 fully saturated rings. The lowest BCUT2D eigenvalue weighted by atomic mass is 10.1. The van der Waals surface area contributed by atoms with E-state index in [0.29, 0.717) is 17.2 Å². The smallest absolute Gasteiger partial charge is 0.161 e. The number of hydrogen-bond acceptors (Lipinski definition) is 4. The van der Waals surface area contributed by atoms with E-state index in [-0.39, 0.29) is 0 Å². The summed E-state index contributed by atoms with van der Waals surface area (Å²) in [6, 6.07) is 7.55. The molecule has 0 spiro atoms. The third-order valence-electron chi connectivity index (χ3n) is 3.24. The number of pyridine rings is 1. The van der Waals surface area contributed by atoms with Crippen LogP contribution < -0.4 is 11.5 Å². The van der Waals surface area contributed by atoms with E-state index < -0.39 is 0 Å². The van der Waals surface area contributed by atoms with Crippen LogP contribution in [-0.2, 0) is 6.42 Å². The van der Waals surface area contributed by atoms with E-state index in [9.17, 15) is 0 Å². The molecule has 3 aromatic rings. The minimum Gasteiger partial charge on any atom is -0.399 e. The summed E-state index contributed by atoms with van der Waals surface area (Å²) in [6.07, 6.45) is 4.37. The minimum absolute atomic E-state index is 0.695. The van der Waals surface area contributed by atoms with Gasteiger partial charge in [0.1, 0.15) is 6.33 Å². The summed E-state index contributed by atoms with van der Waals surface area (Å²) in [5.74, 6) is 0.714. The first-order valence-electron chi connectivity index (χ1n) is 6.17. The Morgan fingerprint density at radius 1 is 1.16 bits per heavy atom. The Morgan fingerprint density at radius 2 is 2.00 bits per heavy atom. The molecular weight excluding hydrogens is 238 g/mol. The Hall–Kier alpha value is -2.56. The van der Waals surface area contributed by atoms with Gasteiger partial charge in [0, 0.05) is 11.9 Å². The van der Waals surface area contributed by atoms with Crippen LogP contribution in [0.15, 0.2) is 36.8 Å². The van der Waals surface area contributed by atoms with Gasteiger partial charge in [0.2, 0.25) is 0 Å². The van der Waals surface area contributed by atoms with Crippen LogP contribution in [0.1, 0.15) is 12.5 Å². The summed E-state index contributed by atoms with van der Waals surface area (Å²) in [6.45, 7) is 2.07. The topological polar surface area (TPSA) is 82.8 Å². The zero-order valence-electron chi connectivity index (χ0n) is 10.7. The number of nitrogens with zero attached hydrogens (tertiary/aromatic N) is 3. The first kappa shape index (κ1) is 11.5. The summed E-state index contributed by atoms with van der Waals surface area (Å²) in [4.78, 5) is 8.71. The van der Waals surface area contributed by atoms with Crippen LogP contribution in [0.5, 0.6) is 0 Å². The summed E-state index contributed by atoms with van der Waals surface area (Å²) < 4.78 is 1.89. The van der Waals surface area contributed by atoms with Crippen molar-refractivity contribution in [3.63, 3.8) is 0 Å². The Bertz CT molecular complexity index is 745. The molecule has 1 aromatic carbocycles. The zero-order chi connectivity index (χ0) is 13.4. The number of fused-ring (bicyclic) bond motifs is 1. The molecule has 3 rings (SSSR count). The lowest BCUT2D eigenvalue weighted by Gasteiger charge is -2.10. The van der Waals surface area contributed by atoms with Crippen molar-refractivity contribution in [2.24, 2.45) is 0 Å². The van der Waals surface area contributed by atoms with Gasteiger partial charge in [-0.05, 0) is 36.2 Å².